The number of aryl methyl sites for hydroxylation is 2. The Hall–Kier alpha value is -0.710. The van der Waals surface area contributed by atoms with Crippen LogP contribution < -0.4 is 5.32 Å². The first-order valence-corrected chi connectivity index (χ1v) is 7.92. The molecule has 0 heterocycles. The maximum absolute atomic E-state index is 14.4. The van der Waals surface area contributed by atoms with Gasteiger partial charge in [-0.15, -0.1) is 0 Å². The van der Waals surface area contributed by atoms with E-state index in [1.165, 1.54) is 0 Å². The zero-order valence-electron chi connectivity index (χ0n) is 11.6. The summed E-state index contributed by atoms with van der Waals surface area (Å²) in [4.78, 5) is 0. The molecule has 0 amide bonds. The minimum Gasteiger partial charge on any atom is -0.309 e. The van der Waals surface area contributed by atoms with Gasteiger partial charge in [-0.25, -0.2) is 4.39 Å². The standard InChI is InChI=1S/C16H16Br2FN/c1-9-5-4-6-11(15(9)19)16(20-3)12-8-13(17)10(2)7-14(12)18/h4-8,16,20H,1-3H3. The molecule has 4 heteroatoms. The maximum atomic E-state index is 14.4. The highest BCUT2D eigenvalue weighted by Gasteiger charge is 2.20. The van der Waals surface area contributed by atoms with Crippen LogP contribution in [-0.2, 0) is 0 Å². The van der Waals surface area contributed by atoms with Crippen molar-refractivity contribution in [2.45, 2.75) is 19.9 Å². The van der Waals surface area contributed by atoms with Crippen LogP contribution in [0.5, 0.6) is 0 Å². The molecule has 0 bridgehead atoms. The number of nitrogens with one attached hydrogen (secondary N) is 1. The van der Waals surface area contributed by atoms with E-state index < -0.39 is 0 Å². The van der Waals surface area contributed by atoms with Crippen molar-refractivity contribution in [3.63, 3.8) is 0 Å². The smallest absolute Gasteiger partial charge is 0.131 e. The number of hydrogen-bond donors (Lipinski definition) is 1. The minimum absolute atomic E-state index is 0.157. The molecule has 0 aliphatic carbocycles. The van der Waals surface area contributed by atoms with Crippen LogP contribution >= 0.6 is 31.9 Å². The van der Waals surface area contributed by atoms with Gasteiger partial charge in [-0.2, -0.15) is 0 Å². The fourth-order valence-electron chi connectivity index (χ4n) is 2.25. The van der Waals surface area contributed by atoms with Crippen LogP contribution in [-0.4, -0.2) is 7.05 Å². The number of halogens is 3. The van der Waals surface area contributed by atoms with E-state index in [2.05, 4.69) is 37.2 Å². The molecule has 106 valence electrons. The molecule has 0 spiro atoms. The summed E-state index contributed by atoms with van der Waals surface area (Å²) in [6.07, 6.45) is 0. The van der Waals surface area contributed by atoms with Gasteiger partial charge in [0, 0.05) is 14.5 Å². The summed E-state index contributed by atoms with van der Waals surface area (Å²) in [5, 5.41) is 3.20. The van der Waals surface area contributed by atoms with Crippen LogP contribution in [0.15, 0.2) is 39.3 Å². The van der Waals surface area contributed by atoms with Gasteiger partial charge in [0.15, 0.2) is 0 Å². The van der Waals surface area contributed by atoms with Crippen LogP contribution in [0.25, 0.3) is 0 Å². The van der Waals surface area contributed by atoms with Crippen molar-refractivity contribution in [2.75, 3.05) is 7.05 Å². The SMILES string of the molecule is CNC(c1cc(Br)c(C)cc1Br)c1cccc(C)c1F. The van der Waals surface area contributed by atoms with Crippen LogP contribution in [0.4, 0.5) is 4.39 Å². The van der Waals surface area contributed by atoms with E-state index in [1.54, 1.807) is 13.0 Å². The van der Waals surface area contributed by atoms with E-state index in [0.717, 1.165) is 20.1 Å². The van der Waals surface area contributed by atoms with Crippen molar-refractivity contribution in [3.8, 4) is 0 Å². The molecule has 20 heavy (non-hydrogen) atoms. The lowest BCUT2D eigenvalue weighted by atomic mass is 9.96. The molecule has 0 fully saturated rings. The van der Waals surface area contributed by atoms with Crippen molar-refractivity contribution >= 4 is 31.9 Å². The minimum atomic E-state index is -0.193. The first-order valence-electron chi connectivity index (χ1n) is 6.33. The number of hydrogen-bond acceptors (Lipinski definition) is 1. The fourth-order valence-corrected chi connectivity index (χ4v) is 3.30. The van der Waals surface area contributed by atoms with Crippen LogP contribution in [0.2, 0.25) is 0 Å². The predicted molar refractivity (Wildman–Crippen MR) is 88.6 cm³/mol. The second kappa shape index (κ2) is 6.37. The fraction of sp³-hybridized carbons (Fsp3) is 0.250. The van der Waals surface area contributed by atoms with E-state index in [-0.39, 0.29) is 11.9 Å². The lowest BCUT2D eigenvalue weighted by Crippen LogP contribution is -2.20. The largest absolute Gasteiger partial charge is 0.309 e. The lowest BCUT2D eigenvalue weighted by molar-refractivity contribution is 0.568. The molecule has 0 saturated heterocycles. The van der Waals surface area contributed by atoms with Gasteiger partial charge in [0.05, 0.1) is 6.04 Å². The Morgan fingerprint density at radius 1 is 1.00 bits per heavy atom. The third-order valence-electron chi connectivity index (χ3n) is 3.41. The predicted octanol–water partition coefficient (Wildman–Crippen LogP) is 5.28. The Labute approximate surface area is 135 Å². The van der Waals surface area contributed by atoms with Gasteiger partial charge in [0.25, 0.3) is 0 Å². The van der Waals surface area contributed by atoms with Crippen LogP contribution in [0.1, 0.15) is 28.3 Å². The molecule has 0 aliphatic heterocycles. The average molecular weight is 401 g/mol. The van der Waals surface area contributed by atoms with Crippen molar-refractivity contribution in [1.29, 1.82) is 0 Å². The van der Waals surface area contributed by atoms with Crippen molar-refractivity contribution in [1.82, 2.24) is 5.32 Å². The Bertz CT molecular complexity index is 641. The summed E-state index contributed by atoms with van der Waals surface area (Å²) in [6, 6.07) is 9.37. The molecule has 0 aliphatic rings. The maximum Gasteiger partial charge on any atom is 0.131 e. The average Bonchev–Trinajstić information content (AvgIpc) is 2.41. The van der Waals surface area contributed by atoms with E-state index in [0.29, 0.717) is 11.1 Å². The van der Waals surface area contributed by atoms with Crippen molar-refractivity contribution in [3.05, 3.63) is 67.3 Å². The molecule has 1 N–H and O–H groups in total. The summed E-state index contributed by atoms with van der Waals surface area (Å²) >= 11 is 7.12. The van der Waals surface area contributed by atoms with Gasteiger partial charge in [-0.3, -0.25) is 0 Å². The molecule has 2 rings (SSSR count). The molecular formula is C16H16Br2FN. The normalized spacial score (nSPS) is 12.5. The van der Waals surface area contributed by atoms with Gasteiger partial charge in [-0.1, -0.05) is 50.1 Å². The van der Waals surface area contributed by atoms with Crippen LogP contribution in [0.3, 0.4) is 0 Å². The molecular weight excluding hydrogens is 385 g/mol. The topological polar surface area (TPSA) is 12.0 Å². The Kier molecular flexibility index (Phi) is 4.99. The lowest BCUT2D eigenvalue weighted by Gasteiger charge is -2.21. The zero-order valence-corrected chi connectivity index (χ0v) is 14.8. The highest BCUT2D eigenvalue weighted by atomic mass is 79.9. The molecule has 0 aromatic heterocycles. The third-order valence-corrected chi connectivity index (χ3v) is 4.95. The van der Waals surface area contributed by atoms with E-state index in [9.17, 15) is 4.39 Å². The molecule has 2 aromatic rings. The molecule has 2 aromatic carbocycles. The summed E-state index contributed by atoms with van der Waals surface area (Å²) in [5.74, 6) is -0.157. The van der Waals surface area contributed by atoms with Gasteiger partial charge < -0.3 is 5.32 Å². The third kappa shape index (κ3) is 2.97. The van der Waals surface area contributed by atoms with Gasteiger partial charge >= 0.3 is 0 Å². The number of rotatable bonds is 3. The zero-order chi connectivity index (χ0) is 14.9. The van der Waals surface area contributed by atoms with Gasteiger partial charge in [0.1, 0.15) is 5.82 Å². The van der Waals surface area contributed by atoms with Crippen molar-refractivity contribution < 1.29 is 4.39 Å². The van der Waals surface area contributed by atoms with E-state index in [1.807, 2.05) is 38.2 Å². The van der Waals surface area contributed by atoms with Gasteiger partial charge in [-0.05, 0) is 49.7 Å². The summed E-state index contributed by atoms with van der Waals surface area (Å²) < 4.78 is 16.4. The highest BCUT2D eigenvalue weighted by molar-refractivity contribution is 9.11. The number of benzene rings is 2. The Balaban J connectivity index is 2.58. The summed E-state index contributed by atoms with van der Waals surface area (Å²) in [5.41, 5.74) is 3.46. The highest BCUT2D eigenvalue weighted by Crippen LogP contribution is 2.34. The molecule has 1 nitrogen and oxygen atoms in total. The quantitative estimate of drug-likeness (QED) is 0.739. The van der Waals surface area contributed by atoms with Gasteiger partial charge in [0.2, 0.25) is 0 Å². The molecule has 0 saturated carbocycles. The first kappa shape index (κ1) is 15.7. The second-order valence-corrected chi connectivity index (χ2v) is 6.53. The van der Waals surface area contributed by atoms with E-state index in [4.69, 9.17) is 0 Å². The second-order valence-electron chi connectivity index (χ2n) is 4.82. The molecule has 0 radical (unpaired) electrons. The van der Waals surface area contributed by atoms with Crippen molar-refractivity contribution in [2.24, 2.45) is 0 Å². The Morgan fingerprint density at radius 2 is 1.70 bits per heavy atom. The van der Waals surface area contributed by atoms with E-state index >= 15 is 0 Å². The summed E-state index contributed by atoms with van der Waals surface area (Å²) in [7, 11) is 1.84. The monoisotopic (exact) mass is 399 g/mol. The van der Waals surface area contributed by atoms with Crippen LogP contribution in [0, 0.1) is 19.7 Å². The molecule has 1 atom stereocenters. The summed E-state index contributed by atoms with van der Waals surface area (Å²) in [6.45, 7) is 3.81. The Morgan fingerprint density at radius 3 is 2.35 bits per heavy atom. The first-order chi connectivity index (χ1) is 9.45. The molecule has 1 unspecified atom stereocenters.